The van der Waals surface area contributed by atoms with Crippen LogP contribution in [0.15, 0.2) is 18.2 Å². The van der Waals surface area contributed by atoms with Crippen molar-refractivity contribution in [1.82, 2.24) is 0 Å². The van der Waals surface area contributed by atoms with Crippen molar-refractivity contribution in [2.75, 3.05) is 0 Å². The van der Waals surface area contributed by atoms with Crippen molar-refractivity contribution in [3.05, 3.63) is 34.9 Å². The third kappa shape index (κ3) is 2.38. The summed E-state index contributed by atoms with van der Waals surface area (Å²) in [6.45, 7) is 6.50. The van der Waals surface area contributed by atoms with Crippen LogP contribution >= 0.6 is 0 Å². The zero-order valence-corrected chi connectivity index (χ0v) is 6.94. The Hall–Kier alpha value is -0.780. The molecule has 0 nitrogen and oxygen atoms in total. The van der Waals surface area contributed by atoms with E-state index in [-0.39, 0.29) is 7.43 Å². The van der Waals surface area contributed by atoms with Crippen LogP contribution < -0.4 is 0 Å². The molecular formula is C11H18. The summed E-state index contributed by atoms with van der Waals surface area (Å²) >= 11 is 0. The molecular weight excluding hydrogens is 132 g/mol. The van der Waals surface area contributed by atoms with Gasteiger partial charge in [0.15, 0.2) is 0 Å². The lowest BCUT2D eigenvalue weighted by Gasteiger charge is -2.02. The molecule has 11 heavy (non-hydrogen) atoms. The molecule has 0 aliphatic heterocycles. The minimum atomic E-state index is 0. The average molecular weight is 150 g/mol. The molecule has 0 fully saturated rings. The third-order valence-corrected chi connectivity index (χ3v) is 1.88. The first-order valence-electron chi connectivity index (χ1n) is 3.80. The molecule has 0 aliphatic rings. The SMILES string of the molecule is C.CCc1ccc(C)cc1C. The van der Waals surface area contributed by atoms with E-state index in [0.717, 1.165) is 6.42 Å². The van der Waals surface area contributed by atoms with Gasteiger partial charge in [-0.25, -0.2) is 0 Å². The molecule has 0 aliphatic carbocycles. The first kappa shape index (κ1) is 10.2. The van der Waals surface area contributed by atoms with Gasteiger partial charge in [-0.05, 0) is 31.4 Å². The Morgan fingerprint density at radius 2 is 1.82 bits per heavy atom. The molecule has 1 rings (SSSR count). The van der Waals surface area contributed by atoms with Gasteiger partial charge in [-0.2, -0.15) is 0 Å². The van der Waals surface area contributed by atoms with Gasteiger partial charge in [0.2, 0.25) is 0 Å². The van der Waals surface area contributed by atoms with E-state index in [9.17, 15) is 0 Å². The van der Waals surface area contributed by atoms with Crippen LogP contribution in [0.25, 0.3) is 0 Å². The van der Waals surface area contributed by atoms with Crippen LogP contribution in [0.3, 0.4) is 0 Å². The van der Waals surface area contributed by atoms with Crippen LogP contribution in [0.2, 0.25) is 0 Å². The second-order valence-corrected chi connectivity index (χ2v) is 2.78. The fourth-order valence-corrected chi connectivity index (χ4v) is 1.24. The molecule has 0 saturated carbocycles. The Labute approximate surface area is 70.3 Å². The molecule has 0 amide bonds. The molecule has 0 atom stereocenters. The van der Waals surface area contributed by atoms with Crippen molar-refractivity contribution in [3.63, 3.8) is 0 Å². The summed E-state index contributed by atoms with van der Waals surface area (Å²) in [5, 5.41) is 0. The Morgan fingerprint density at radius 3 is 2.27 bits per heavy atom. The highest BCUT2D eigenvalue weighted by Gasteiger charge is 1.93. The summed E-state index contributed by atoms with van der Waals surface area (Å²) in [5.74, 6) is 0. The highest BCUT2D eigenvalue weighted by Crippen LogP contribution is 2.10. The molecule has 0 unspecified atom stereocenters. The predicted molar refractivity (Wildman–Crippen MR) is 52.0 cm³/mol. The molecule has 0 N–H and O–H groups in total. The van der Waals surface area contributed by atoms with Gasteiger partial charge in [-0.1, -0.05) is 38.1 Å². The van der Waals surface area contributed by atoms with Gasteiger partial charge in [-0.3, -0.25) is 0 Å². The molecule has 62 valence electrons. The van der Waals surface area contributed by atoms with E-state index in [1.54, 1.807) is 0 Å². The van der Waals surface area contributed by atoms with Crippen LogP contribution in [0.4, 0.5) is 0 Å². The van der Waals surface area contributed by atoms with E-state index in [2.05, 4.69) is 39.0 Å². The minimum Gasteiger partial charge on any atom is -0.0776 e. The van der Waals surface area contributed by atoms with E-state index in [1.807, 2.05) is 0 Å². The predicted octanol–water partition coefficient (Wildman–Crippen LogP) is 3.50. The largest absolute Gasteiger partial charge is 0.0776 e. The van der Waals surface area contributed by atoms with Crippen molar-refractivity contribution in [2.45, 2.75) is 34.6 Å². The van der Waals surface area contributed by atoms with E-state index in [1.165, 1.54) is 16.7 Å². The lowest BCUT2D eigenvalue weighted by molar-refractivity contribution is 1.10. The molecule has 0 heterocycles. The minimum absolute atomic E-state index is 0. The van der Waals surface area contributed by atoms with Gasteiger partial charge in [0.05, 0.1) is 0 Å². The number of rotatable bonds is 1. The molecule has 1 aromatic carbocycles. The summed E-state index contributed by atoms with van der Waals surface area (Å²) < 4.78 is 0. The summed E-state index contributed by atoms with van der Waals surface area (Å²) in [6, 6.07) is 6.62. The number of hydrogen-bond acceptors (Lipinski definition) is 0. The highest BCUT2D eigenvalue weighted by molar-refractivity contribution is 5.30. The second-order valence-electron chi connectivity index (χ2n) is 2.78. The van der Waals surface area contributed by atoms with Gasteiger partial charge < -0.3 is 0 Å². The Balaban J connectivity index is 0.000001000. The fourth-order valence-electron chi connectivity index (χ4n) is 1.24. The quantitative estimate of drug-likeness (QED) is 0.574. The summed E-state index contributed by atoms with van der Waals surface area (Å²) in [6.07, 6.45) is 1.14. The Bertz CT molecular complexity index is 223. The van der Waals surface area contributed by atoms with E-state index < -0.39 is 0 Å². The van der Waals surface area contributed by atoms with Gasteiger partial charge in [0.1, 0.15) is 0 Å². The van der Waals surface area contributed by atoms with Crippen LogP contribution in [-0.2, 0) is 6.42 Å². The van der Waals surface area contributed by atoms with Crippen molar-refractivity contribution in [3.8, 4) is 0 Å². The lowest BCUT2D eigenvalue weighted by Crippen LogP contribution is -1.85. The number of aryl methyl sites for hydroxylation is 3. The number of hydrogen-bond donors (Lipinski definition) is 0. The average Bonchev–Trinajstić information content (AvgIpc) is 1.88. The zero-order valence-electron chi connectivity index (χ0n) is 6.94. The van der Waals surface area contributed by atoms with Crippen LogP contribution in [-0.4, -0.2) is 0 Å². The van der Waals surface area contributed by atoms with Gasteiger partial charge in [0, 0.05) is 0 Å². The monoisotopic (exact) mass is 150 g/mol. The van der Waals surface area contributed by atoms with Crippen LogP contribution in [0, 0.1) is 13.8 Å². The summed E-state index contributed by atoms with van der Waals surface area (Å²) in [4.78, 5) is 0. The Kier molecular flexibility index (Phi) is 3.88. The topological polar surface area (TPSA) is 0 Å². The molecule has 0 bridgehead atoms. The maximum absolute atomic E-state index is 2.23. The fraction of sp³-hybridized carbons (Fsp3) is 0.455. The van der Waals surface area contributed by atoms with Crippen molar-refractivity contribution < 1.29 is 0 Å². The van der Waals surface area contributed by atoms with Crippen LogP contribution in [0.1, 0.15) is 31.0 Å². The van der Waals surface area contributed by atoms with Gasteiger partial charge in [0.25, 0.3) is 0 Å². The van der Waals surface area contributed by atoms with Gasteiger partial charge >= 0.3 is 0 Å². The standard InChI is InChI=1S/C10H14.CH4/c1-4-10-6-5-8(2)7-9(10)3;/h5-7H,4H2,1-3H3;1H4. The summed E-state index contributed by atoms with van der Waals surface area (Å²) in [7, 11) is 0. The molecule has 1 aromatic rings. The molecule has 0 aromatic heterocycles. The molecule has 0 spiro atoms. The van der Waals surface area contributed by atoms with Crippen LogP contribution in [0.5, 0.6) is 0 Å². The normalized spacial score (nSPS) is 9.00. The van der Waals surface area contributed by atoms with Crippen molar-refractivity contribution >= 4 is 0 Å². The van der Waals surface area contributed by atoms with Crippen molar-refractivity contribution in [1.29, 1.82) is 0 Å². The zero-order chi connectivity index (χ0) is 7.56. The maximum atomic E-state index is 2.23. The first-order valence-corrected chi connectivity index (χ1v) is 3.80. The first-order chi connectivity index (χ1) is 4.74. The Morgan fingerprint density at radius 1 is 1.18 bits per heavy atom. The molecule has 0 radical (unpaired) electrons. The van der Waals surface area contributed by atoms with Crippen molar-refractivity contribution in [2.24, 2.45) is 0 Å². The summed E-state index contributed by atoms with van der Waals surface area (Å²) in [5.41, 5.74) is 4.24. The highest BCUT2D eigenvalue weighted by atomic mass is 14.0. The lowest BCUT2D eigenvalue weighted by atomic mass is 10.0. The van der Waals surface area contributed by atoms with Gasteiger partial charge in [-0.15, -0.1) is 0 Å². The van der Waals surface area contributed by atoms with E-state index >= 15 is 0 Å². The third-order valence-electron chi connectivity index (χ3n) is 1.88. The second kappa shape index (κ2) is 4.17. The molecule has 0 heteroatoms. The molecule has 0 saturated heterocycles. The van der Waals surface area contributed by atoms with E-state index in [4.69, 9.17) is 0 Å². The van der Waals surface area contributed by atoms with E-state index in [0.29, 0.717) is 0 Å². The maximum Gasteiger partial charge on any atom is -0.0305 e. The smallest absolute Gasteiger partial charge is 0.0305 e. The number of benzene rings is 1.